The molecular formula is C17H19NO3S. The number of anilines is 1. The number of nitrogens with zero attached hydrogens (tertiary/aromatic N) is 1. The number of benzene rings is 2. The van der Waals surface area contributed by atoms with Crippen molar-refractivity contribution in [3.8, 4) is 5.75 Å². The van der Waals surface area contributed by atoms with Crippen LogP contribution in [0.3, 0.4) is 0 Å². The summed E-state index contributed by atoms with van der Waals surface area (Å²) in [6.07, 6.45) is 0.754. The van der Waals surface area contributed by atoms with Gasteiger partial charge in [0.1, 0.15) is 5.75 Å². The van der Waals surface area contributed by atoms with Gasteiger partial charge in [0.25, 0.3) is 10.0 Å². The van der Waals surface area contributed by atoms with Crippen molar-refractivity contribution in [1.82, 2.24) is 0 Å². The summed E-state index contributed by atoms with van der Waals surface area (Å²) in [7, 11) is -1.96. The first kappa shape index (κ1) is 14.9. The Balaban J connectivity index is 2.11. The summed E-state index contributed by atoms with van der Waals surface area (Å²) in [4.78, 5) is 0.350. The molecule has 2 aromatic rings. The molecule has 1 aliphatic rings. The lowest BCUT2D eigenvalue weighted by Gasteiger charge is -2.21. The van der Waals surface area contributed by atoms with Crippen LogP contribution in [0.1, 0.15) is 16.7 Å². The highest BCUT2D eigenvalue weighted by Crippen LogP contribution is 2.35. The van der Waals surface area contributed by atoms with E-state index in [2.05, 4.69) is 0 Å². The van der Waals surface area contributed by atoms with Crippen molar-refractivity contribution in [1.29, 1.82) is 0 Å². The van der Waals surface area contributed by atoms with Crippen LogP contribution >= 0.6 is 0 Å². The molecule has 4 nitrogen and oxygen atoms in total. The van der Waals surface area contributed by atoms with Crippen LogP contribution < -0.4 is 9.04 Å². The molecule has 0 saturated carbocycles. The summed E-state index contributed by atoms with van der Waals surface area (Å²) in [6.45, 7) is 4.15. The van der Waals surface area contributed by atoms with Crippen LogP contribution in [0.25, 0.3) is 0 Å². The van der Waals surface area contributed by atoms with Gasteiger partial charge in [-0.15, -0.1) is 0 Å². The molecule has 0 aromatic heterocycles. The molecule has 0 spiro atoms. The van der Waals surface area contributed by atoms with Crippen molar-refractivity contribution in [3.05, 3.63) is 53.1 Å². The maximum atomic E-state index is 13.1. The second kappa shape index (κ2) is 5.32. The SMILES string of the molecule is COc1cc(C)c(S(=O)(=O)N2CCc3ccccc32)cc1C. The summed E-state index contributed by atoms with van der Waals surface area (Å²) in [5.41, 5.74) is 3.38. The van der Waals surface area contributed by atoms with E-state index in [1.54, 1.807) is 26.2 Å². The van der Waals surface area contributed by atoms with Gasteiger partial charge in [-0.2, -0.15) is 0 Å². The van der Waals surface area contributed by atoms with E-state index in [-0.39, 0.29) is 0 Å². The molecule has 2 aromatic carbocycles. The quantitative estimate of drug-likeness (QED) is 0.874. The number of hydrogen-bond donors (Lipinski definition) is 0. The smallest absolute Gasteiger partial charge is 0.264 e. The Morgan fingerprint density at radius 1 is 1.09 bits per heavy atom. The molecule has 0 aliphatic carbocycles. The number of aryl methyl sites for hydroxylation is 2. The Morgan fingerprint density at radius 3 is 2.55 bits per heavy atom. The van der Waals surface area contributed by atoms with E-state index in [1.165, 1.54) is 4.31 Å². The molecular weight excluding hydrogens is 298 g/mol. The summed E-state index contributed by atoms with van der Waals surface area (Å²) in [5.74, 6) is 0.707. The van der Waals surface area contributed by atoms with Crippen LogP contribution in [0, 0.1) is 13.8 Å². The second-order valence-electron chi connectivity index (χ2n) is 5.54. The van der Waals surface area contributed by atoms with Crippen molar-refractivity contribution >= 4 is 15.7 Å². The highest BCUT2D eigenvalue weighted by atomic mass is 32.2. The maximum absolute atomic E-state index is 13.1. The third-order valence-electron chi connectivity index (χ3n) is 4.11. The first-order valence-electron chi connectivity index (χ1n) is 7.21. The van der Waals surface area contributed by atoms with E-state index in [9.17, 15) is 8.42 Å². The van der Waals surface area contributed by atoms with Gasteiger partial charge in [-0.1, -0.05) is 18.2 Å². The largest absolute Gasteiger partial charge is 0.496 e. The van der Waals surface area contributed by atoms with Crippen molar-refractivity contribution in [3.63, 3.8) is 0 Å². The van der Waals surface area contributed by atoms with Gasteiger partial charge in [0, 0.05) is 6.54 Å². The Bertz CT molecular complexity index is 828. The summed E-state index contributed by atoms with van der Waals surface area (Å²) in [6, 6.07) is 11.1. The summed E-state index contributed by atoms with van der Waals surface area (Å²) in [5, 5.41) is 0. The van der Waals surface area contributed by atoms with Crippen molar-refractivity contribution in [2.45, 2.75) is 25.2 Å². The molecule has 0 fully saturated rings. The first-order valence-corrected chi connectivity index (χ1v) is 8.65. The predicted molar refractivity (Wildman–Crippen MR) is 87.1 cm³/mol. The Hall–Kier alpha value is -2.01. The minimum atomic E-state index is -3.55. The van der Waals surface area contributed by atoms with Crippen LogP contribution in [0.5, 0.6) is 5.75 Å². The Morgan fingerprint density at radius 2 is 1.82 bits per heavy atom. The van der Waals surface area contributed by atoms with Crippen LogP contribution in [0.4, 0.5) is 5.69 Å². The Kier molecular flexibility index (Phi) is 3.60. The van der Waals surface area contributed by atoms with Gasteiger partial charge >= 0.3 is 0 Å². The molecule has 0 atom stereocenters. The van der Waals surface area contributed by atoms with Gasteiger partial charge in [0.2, 0.25) is 0 Å². The Labute approximate surface area is 131 Å². The number of fused-ring (bicyclic) bond motifs is 1. The maximum Gasteiger partial charge on any atom is 0.264 e. The van der Waals surface area contributed by atoms with E-state index in [0.717, 1.165) is 23.2 Å². The van der Waals surface area contributed by atoms with E-state index in [4.69, 9.17) is 4.74 Å². The highest BCUT2D eigenvalue weighted by Gasteiger charge is 2.31. The monoisotopic (exact) mass is 317 g/mol. The fourth-order valence-electron chi connectivity index (χ4n) is 2.94. The summed E-state index contributed by atoms with van der Waals surface area (Å²) < 4.78 is 32.9. The van der Waals surface area contributed by atoms with Crippen LogP contribution in [0.15, 0.2) is 41.3 Å². The molecule has 0 amide bonds. The average molecular weight is 317 g/mol. The van der Waals surface area contributed by atoms with E-state index < -0.39 is 10.0 Å². The minimum absolute atomic E-state index is 0.350. The zero-order chi connectivity index (χ0) is 15.9. The number of ether oxygens (including phenoxy) is 1. The third kappa shape index (κ3) is 2.25. The first-order chi connectivity index (χ1) is 10.4. The fraction of sp³-hybridized carbons (Fsp3) is 0.294. The third-order valence-corrected chi connectivity index (χ3v) is 6.06. The molecule has 0 saturated heterocycles. The lowest BCUT2D eigenvalue weighted by atomic mass is 10.1. The lowest BCUT2D eigenvalue weighted by Crippen LogP contribution is -2.29. The normalized spacial score (nSPS) is 14.0. The molecule has 0 N–H and O–H groups in total. The van der Waals surface area contributed by atoms with Crippen LogP contribution in [0.2, 0.25) is 0 Å². The number of hydrogen-bond acceptors (Lipinski definition) is 3. The molecule has 1 aliphatic heterocycles. The van der Waals surface area contributed by atoms with Gasteiger partial charge < -0.3 is 4.74 Å². The molecule has 0 unspecified atom stereocenters. The second-order valence-corrected chi connectivity index (χ2v) is 7.37. The average Bonchev–Trinajstić information content (AvgIpc) is 2.93. The molecule has 1 heterocycles. The number of methoxy groups -OCH3 is 1. The van der Waals surface area contributed by atoms with Gasteiger partial charge in [-0.3, -0.25) is 4.31 Å². The van der Waals surface area contributed by atoms with E-state index in [1.807, 2.05) is 31.2 Å². The molecule has 116 valence electrons. The van der Waals surface area contributed by atoms with E-state index >= 15 is 0 Å². The van der Waals surface area contributed by atoms with E-state index in [0.29, 0.717) is 22.8 Å². The zero-order valence-electron chi connectivity index (χ0n) is 13.0. The summed E-state index contributed by atoms with van der Waals surface area (Å²) >= 11 is 0. The van der Waals surface area contributed by atoms with Gasteiger partial charge in [0.05, 0.1) is 17.7 Å². The number of para-hydroxylation sites is 1. The predicted octanol–water partition coefficient (Wildman–Crippen LogP) is 3.06. The van der Waals surface area contributed by atoms with Crippen molar-refractivity contribution in [2.24, 2.45) is 0 Å². The zero-order valence-corrected chi connectivity index (χ0v) is 13.8. The van der Waals surface area contributed by atoms with Crippen molar-refractivity contribution in [2.75, 3.05) is 18.0 Å². The molecule has 22 heavy (non-hydrogen) atoms. The van der Waals surface area contributed by atoms with Gasteiger partial charge in [0.15, 0.2) is 0 Å². The topological polar surface area (TPSA) is 46.6 Å². The molecule has 5 heteroatoms. The standard InChI is InChI=1S/C17H19NO3S/c1-12-11-17(13(2)10-16(12)21-3)22(19,20)18-9-8-14-6-4-5-7-15(14)18/h4-7,10-11H,8-9H2,1-3H3. The van der Waals surface area contributed by atoms with Crippen LogP contribution in [-0.4, -0.2) is 22.1 Å². The molecule has 0 radical (unpaired) electrons. The van der Waals surface area contributed by atoms with Crippen molar-refractivity contribution < 1.29 is 13.2 Å². The van der Waals surface area contributed by atoms with Crippen LogP contribution in [-0.2, 0) is 16.4 Å². The number of sulfonamides is 1. The molecule has 3 rings (SSSR count). The van der Waals surface area contributed by atoms with Gasteiger partial charge in [-0.25, -0.2) is 8.42 Å². The highest BCUT2D eigenvalue weighted by molar-refractivity contribution is 7.93. The lowest BCUT2D eigenvalue weighted by molar-refractivity contribution is 0.411. The number of rotatable bonds is 3. The molecule has 0 bridgehead atoms. The minimum Gasteiger partial charge on any atom is -0.496 e. The fourth-order valence-corrected chi connectivity index (χ4v) is 4.74. The van der Waals surface area contributed by atoms with Gasteiger partial charge in [-0.05, 0) is 55.2 Å².